The second kappa shape index (κ2) is 11.6. The van der Waals surface area contributed by atoms with Crippen LogP contribution in [0.3, 0.4) is 0 Å². The van der Waals surface area contributed by atoms with Crippen molar-refractivity contribution in [3.05, 3.63) is 12.2 Å². The second-order valence-electron chi connectivity index (χ2n) is 3.13. The number of hydrogen-bond acceptors (Lipinski definition) is 6. The highest BCUT2D eigenvalue weighted by atomic mass is 16.5. The van der Waals surface area contributed by atoms with Crippen LogP contribution < -0.4 is 11.5 Å². The first-order chi connectivity index (χ1) is 7.49. The van der Waals surface area contributed by atoms with Gasteiger partial charge in [-0.1, -0.05) is 12.2 Å². The number of esters is 1. The fourth-order valence-corrected chi connectivity index (χ4v) is 0.801. The van der Waals surface area contributed by atoms with E-state index in [-0.39, 0.29) is 18.2 Å². The highest BCUT2D eigenvalue weighted by molar-refractivity contribution is 5.75. The van der Waals surface area contributed by atoms with Crippen LogP contribution in [0.5, 0.6) is 0 Å². The van der Waals surface area contributed by atoms with Gasteiger partial charge in [0.05, 0.1) is 7.11 Å². The molecule has 6 heteroatoms. The Hall–Kier alpha value is -1.49. The molecule has 0 radical (unpaired) electrons. The van der Waals surface area contributed by atoms with E-state index in [4.69, 9.17) is 21.1 Å². The van der Waals surface area contributed by atoms with E-state index in [2.05, 4.69) is 4.74 Å². The molecule has 4 N–H and O–H groups in total. The summed E-state index contributed by atoms with van der Waals surface area (Å²) in [5, 5.41) is 0. The molecule has 16 heavy (non-hydrogen) atoms. The molecule has 0 bridgehead atoms. The zero-order valence-corrected chi connectivity index (χ0v) is 9.51. The maximum absolute atomic E-state index is 10.8. The van der Waals surface area contributed by atoms with Gasteiger partial charge in [0.1, 0.15) is 6.04 Å². The molecule has 0 saturated carbocycles. The van der Waals surface area contributed by atoms with Crippen molar-refractivity contribution in [3.63, 3.8) is 0 Å². The first-order valence-electron chi connectivity index (χ1n) is 4.72. The van der Waals surface area contributed by atoms with Crippen molar-refractivity contribution in [2.45, 2.75) is 31.8 Å². The lowest BCUT2D eigenvalue weighted by Crippen LogP contribution is -2.30. The molecule has 0 aliphatic rings. The summed E-state index contributed by atoms with van der Waals surface area (Å²) in [7, 11) is 1.33. The minimum atomic E-state index is -0.561. The van der Waals surface area contributed by atoms with Gasteiger partial charge >= 0.3 is 12.1 Å². The van der Waals surface area contributed by atoms with Gasteiger partial charge in [-0.25, -0.2) is 0 Å². The minimum Gasteiger partial charge on any atom is -0.468 e. The van der Waals surface area contributed by atoms with E-state index in [1.54, 1.807) is 0 Å². The maximum Gasteiger partial charge on any atom is 0.373 e. The van der Waals surface area contributed by atoms with E-state index in [1.165, 1.54) is 7.11 Å². The van der Waals surface area contributed by atoms with E-state index in [1.807, 2.05) is 19.1 Å². The first-order valence-corrected chi connectivity index (χ1v) is 4.72. The summed E-state index contributed by atoms with van der Waals surface area (Å²) < 4.78 is 4.47. The predicted octanol–water partition coefficient (Wildman–Crippen LogP) is -0.413. The van der Waals surface area contributed by atoms with Gasteiger partial charge in [-0.05, 0) is 19.8 Å². The smallest absolute Gasteiger partial charge is 0.373 e. The van der Waals surface area contributed by atoms with Gasteiger partial charge in [-0.15, -0.1) is 0 Å². The Morgan fingerprint density at radius 2 is 1.75 bits per heavy atom. The highest BCUT2D eigenvalue weighted by Crippen LogP contribution is 1.95. The molecule has 2 atom stereocenters. The maximum atomic E-state index is 10.8. The average Bonchev–Trinajstić information content (AvgIpc) is 2.23. The van der Waals surface area contributed by atoms with Crippen LogP contribution in [0.15, 0.2) is 12.2 Å². The number of ether oxygens (including phenoxy) is 1. The fraction of sp³-hybridized carbons (Fsp3) is 0.600. The summed E-state index contributed by atoms with van der Waals surface area (Å²) in [6, 6.07) is -0.417. The van der Waals surface area contributed by atoms with Crippen molar-refractivity contribution in [1.29, 1.82) is 0 Å². The minimum absolute atomic E-state index is 0.144. The number of carbonyl (C=O) groups is 1. The van der Waals surface area contributed by atoms with Gasteiger partial charge in [0, 0.05) is 6.04 Å². The zero-order chi connectivity index (χ0) is 13.0. The Morgan fingerprint density at radius 1 is 1.31 bits per heavy atom. The Balaban J connectivity index is 0. The number of methoxy groups -OCH3 is 1. The third kappa shape index (κ3) is 12.5. The standard InChI is InChI=1S/C9H18N2O2.CO2/c1-7(10)5-3-4-6-8(11)9(12)13-2;2-1-3/h3-4,7-8H,5-6,10-11H2,1-2H3;/b4-3+;/t7-,8+;/m1./s1. The van der Waals surface area contributed by atoms with Gasteiger partial charge in [-0.2, -0.15) is 9.59 Å². The summed E-state index contributed by atoms with van der Waals surface area (Å²) in [5.74, 6) is -0.384. The van der Waals surface area contributed by atoms with Crippen LogP contribution in [0.2, 0.25) is 0 Å². The van der Waals surface area contributed by atoms with Crippen LogP contribution in [-0.4, -0.2) is 31.3 Å². The first kappa shape index (κ1) is 16.9. The Morgan fingerprint density at radius 3 is 2.12 bits per heavy atom. The number of nitrogens with two attached hydrogens (primary N) is 2. The van der Waals surface area contributed by atoms with Gasteiger partial charge in [0.2, 0.25) is 0 Å². The van der Waals surface area contributed by atoms with E-state index in [0.29, 0.717) is 6.42 Å². The molecule has 0 aromatic heterocycles. The van der Waals surface area contributed by atoms with E-state index >= 15 is 0 Å². The molecule has 0 aromatic rings. The van der Waals surface area contributed by atoms with Crippen molar-refractivity contribution in [1.82, 2.24) is 0 Å². The lowest BCUT2D eigenvalue weighted by molar-refractivity contribution is -0.191. The molecule has 0 rings (SSSR count). The van der Waals surface area contributed by atoms with Crippen molar-refractivity contribution < 1.29 is 19.1 Å². The van der Waals surface area contributed by atoms with Gasteiger partial charge in [0.25, 0.3) is 0 Å². The molecule has 0 aromatic carbocycles. The predicted molar refractivity (Wildman–Crippen MR) is 57.0 cm³/mol. The van der Waals surface area contributed by atoms with Crippen molar-refractivity contribution >= 4 is 12.1 Å². The van der Waals surface area contributed by atoms with E-state index in [9.17, 15) is 4.79 Å². The molecule has 0 unspecified atom stereocenters. The van der Waals surface area contributed by atoms with Crippen LogP contribution >= 0.6 is 0 Å². The summed E-state index contributed by atoms with van der Waals surface area (Å²) in [5.41, 5.74) is 11.0. The molecule has 0 heterocycles. The molecule has 0 saturated heterocycles. The number of carbonyl (C=O) groups excluding carboxylic acids is 3. The van der Waals surface area contributed by atoms with Gasteiger partial charge in [0.15, 0.2) is 0 Å². The topological polar surface area (TPSA) is 112 Å². The second-order valence-corrected chi connectivity index (χ2v) is 3.13. The van der Waals surface area contributed by atoms with Gasteiger partial charge < -0.3 is 16.2 Å². The Kier molecular flexibility index (Phi) is 12.3. The van der Waals surface area contributed by atoms with Crippen molar-refractivity contribution in [2.24, 2.45) is 11.5 Å². The largest absolute Gasteiger partial charge is 0.468 e. The summed E-state index contributed by atoms with van der Waals surface area (Å²) in [4.78, 5) is 27.1. The van der Waals surface area contributed by atoms with Crippen molar-refractivity contribution in [3.8, 4) is 0 Å². The van der Waals surface area contributed by atoms with Crippen LogP contribution in [0.4, 0.5) is 0 Å². The SMILES string of the molecule is COC(=O)[C@@H](N)C/C=C/C[C@@H](C)N.O=C=O. The van der Waals surface area contributed by atoms with Crippen LogP contribution in [-0.2, 0) is 19.1 Å². The molecular formula is C10H18N2O4. The van der Waals surface area contributed by atoms with Crippen LogP contribution in [0.25, 0.3) is 0 Å². The summed E-state index contributed by atoms with van der Waals surface area (Å²) in [6.45, 7) is 1.92. The lowest BCUT2D eigenvalue weighted by atomic mass is 10.2. The zero-order valence-electron chi connectivity index (χ0n) is 9.51. The number of rotatable bonds is 5. The monoisotopic (exact) mass is 230 g/mol. The quantitative estimate of drug-likeness (QED) is 0.490. The Labute approximate surface area is 94.6 Å². The molecule has 0 spiro atoms. The third-order valence-corrected chi connectivity index (χ3v) is 1.57. The highest BCUT2D eigenvalue weighted by Gasteiger charge is 2.10. The molecule has 0 aliphatic heterocycles. The lowest BCUT2D eigenvalue weighted by Gasteiger charge is -2.05. The van der Waals surface area contributed by atoms with Crippen LogP contribution in [0.1, 0.15) is 19.8 Å². The molecular weight excluding hydrogens is 212 g/mol. The molecule has 0 fully saturated rings. The normalized spacial score (nSPS) is 13.2. The number of hydrogen-bond donors (Lipinski definition) is 2. The Bertz CT molecular complexity index is 245. The van der Waals surface area contributed by atoms with E-state index < -0.39 is 6.04 Å². The molecule has 92 valence electrons. The average molecular weight is 230 g/mol. The van der Waals surface area contributed by atoms with Crippen LogP contribution in [0, 0.1) is 0 Å². The van der Waals surface area contributed by atoms with E-state index in [0.717, 1.165) is 6.42 Å². The van der Waals surface area contributed by atoms with Crippen molar-refractivity contribution in [2.75, 3.05) is 7.11 Å². The molecule has 0 aliphatic carbocycles. The fourth-order valence-electron chi connectivity index (χ4n) is 0.801. The summed E-state index contributed by atoms with van der Waals surface area (Å²) in [6.07, 6.45) is 5.33. The molecule has 6 nitrogen and oxygen atoms in total. The molecule has 0 amide bonds. The third-order valence-electron chi connectivity index (χ3n) is 1.57. The summed E-state index contributed by atoms with van der Waals surface area (Å²) >= 11 is 0. The van der Waals surface area contributed by atoms with Gasteiger partial charge in [-0.3, -0.25) is 4.79 Å².